The van der Waals surface area contributed by atoms with E-state index in [1.807, 2.05) is 182 Å². The van der Waals surface area contributed by atoms with Gasteiger partial charge in [0.05, 0.1) is 11.8 Å². The van der Waals surface area contributed by atoms with Crippen molar-refractivity contribution in [1.29, 1.82) is 0 Å². The van der Waals surface area contributed by atoms with Gasteiger partial charge in [0.1, 0.15) is 23.2 Å². The van der Waals surface area contributed by atoms with E-state index in [9.17, 15) is 24.6 Å². The number of carboxylic acid groups (broad SMARTS) is 1. The van der Waals surface area contributed by atoms with Crippen LogP contribution in [-0.4, -0.2) is 97.4 Å². The molecule has 0 saturated carbocycles. The first-order valence-electron chi connectivity index (χ1n) is 23.3. The summed E-state index contributed by atoms with van der Waals surface area (Å²) in [7, 11) is 0. The molecule has 0 aliphatic carbocycles. The second-order valence-corrected chi connectivity index (χ2v) is 19.4. The molecule has 2 saturated heterocycles. The first kappa shape index (κ1) is 47.6. The summed E-state index contributed by atoms with van der Waals surface area (Å²) < 4.78 is 5.30. The Hall–Kier alpha value is -8.05. The summed E-state index contributed by atoms with van der Waals surface area (Å²) >= 11 is 2.44. The SMILES string of the molecule is O=COCC1(NC(=O)/C(=N\OC(c2ccccc2)(c2ccccc2)c2ccccc2)c2csc(NC(c3ccccc3)(c3ccccc3)c3ccccc3)n2)C(=O)N2C(C(=O)O)=C(N3CCC(O)C3)CS[C@H]21. The standard InChI is InChI=1S/C56H48N6O8S2/c63-37-69-36-54(51(68)62-48(50(66)67)46(35-71-52(54)62)61-32-31-44(64)33-61)58-49(65)47(60-70-56(41-25-13-4-14-26-41,42-27-15-5-16-28-42)43-29-17-6-18-30-43)45-34-72-53(57-45)59-55(38-19-7-1-8-20-38,39-21-9-2-10-22-39)40-23-11-3-12-24-40/h1-30,34,37,44,52,64H,31-33,35-36H2,(H,57,59)(H,58,65)(H,66,67)/b60-47-/t44?,52-,54?/m0/s1. The molecule has 2 fully saturated rings. The van der Waals surface area contributed by atoms with E-state index in [2.05, 4.69) is 10.6 Å². The number of likely N-dealkylation sites (tertiary alicyclic amines) is 1. The Morgan fingerprint density at radius 1 is 0.764 bits per heavy atom. The second kappa shape index (κ2) is 20.4. The zero-order valence-corrected chi connectivity index (χ0v) is 40.2. The van der Waals surface area contributed by atoms with Gasteiger partial charge in [-0.2, -0.15) is 0 Å². The quantitative estimate of drug-likeness (QED) is 0.0218. The number of nitrogens with one attached hydrogen (secondary N) is 2. The van der Waals surface area contributed by atoms with Crippen molar-refractivity contribution >= 4 is 58.2 Å². The van der Waals surface area contributed by atoms with E-state index in [1.54, 1.807) is 10.3 Å². The minimum Gasteiger partial charge on any atom is -0.477 e. The Bertz CT molecular complexity index is 2940. The van der Waals surface area contributed by atoms with Gasteiger partial charge in [0.2, 0.25) is 5.60 Å². The number of fused-ring (bicyclic) bond motifs is 1. The molecule has 3 atom stereocenters. The lowest BCUT2D eigenvalue weighted by Crippen LogP contribution is -2.82. The molecule has 16 heteroatoms. The lowest BCUT2D eigenvalue weighted by molar-refractivity contribution is -0.164. The highest BCUT2D eigenvalue weighted by Gasteiger charge is 2.67. The van der Waals surface area contributed by atoms with Gasteiger partial charge >= 0.3 is 5.97 Å². The van der Waals surface area contributed by atoms with Crippen LogP contribution in [0.25, 0.3) is 0 Å². The number of amides is 2. The molecule has 0 radical (unpaired) electrons. The van der Waals surface area contributed by atoms with Crippen LogP contribution in [0.5, 0.6) is 0 Å². The molecule has 6 aromatic carbocycles. The minimum absolute atomic E-state index is 0.0820. The fraction of sp³-hybridized carbons (Fsp3) is 0.179. The third-order valence-corrected chi connectivity index (χ3v) is 15.4. The van der Waals surface area contributed by atoms with Gasteiger partial charge in [-0.25, -0.2) is 9.78 Å². The Morgan fingerprint density at radius 3 is 1.69 bits per heavy atom. The number of hydrogen-bond acceptors (Lipinski definition) is 13. The van der Waals surface area contributed by atoms with Crippen LogP contribution in [0.4, 0.5) is 5.13 Å². The zero-order chi connectivity index (χ0) is 49.7. The van der Waals surface area contributed by atoms with Crippen LogP contribution in [0.3, 0.4) is 0 Å². The summed E-state index contributed by atoms with van der Waals surface area (Å²) in [4.78, 5) is 70.0. The van der Waals surface area contributed by atoms with Gasteiger partial charge in [-0.15, -0.1) is 23.1 Å². The fourth-order valence-corrected chi connectivity index (χ4v) is 12.2. The summed E-state index contributed by atoms with van der Waals surface area (Å²) in [6.45, 7) is 0.166. The van der Waals surface area contributed by atoms with Gasteiger partial charge in [0.25, 0.3) is 18.3 Å². The third-order valence-electron chi connectivity index (χ3n) is 13.3. The molecule has 0 spiro atoms. The molecule has 2 amide bonds. The molecule has 362 valence electrons. The highest BCUT2D eigenvalue weighted by Crippen LogP contribution is 2.48. The number of thiazole rings is 1. The Labute approximate surface area is 423 Å². The Morgan fingerprint density at radius 2 is 1.25 bits per heavy atom. The Kier molecular flexibility index (Phi) is 13.5. The maximum absolute atomic E-state index is 15.5. The number of aromatic nitrogens is 1. The number of β-lactam (4-membered cyclic amide) rings is 1. The van der Waals surface area contributed by atoms with E-state index in [-0.39, 0.29) is 35.9 Å². The highest BCUT2D eigenvalue weighted by atomic mass is 32.2. The van der Waals surface area contributed by atoms with Crippen LogP contribution in [0.15, 0.2) is 204 Å². The number of β-amino-alcohol motifs (C(OH)–C–C–N with tert-alkyl or cyclic N) is 1. The summed E-state index contributed by atoms with van der Waals surface area (Å²) in [5.41, 5.74) is 0.313. The molecule has 3 aliphatic heterocycles. The zero-order valence-electron chi connectivity index (χ0n) is 38.6. The number of aliphatic hydroxyl groups is 1. The number of nitrogens with zero attached hydrogens (tertiary/aromatic N) is 4. The van der Waals surface area contributed by atoms with Crippen molar-refractivity contribution in [3.63, 3.8) is 0 Å². The third kappa shape index (κ3) is 8.56. The van der Waals surface area contributed by atoms with Crippen LogP contribution in [-0.2, 0) is 39.9 Å². The summed E-state index contributed by atoms with van der Waals surface area (Å²) in [5, 5.41) is 33.4. The monoisotopic (exact) mass is 996 g/mol. The minimum atomic E-state index is -1.95. The van der Waals surface area contributed by atoms with E-state index in [4.69, 9.17) is 19.7 Å². The first-order valence-corrected chi connectivity index (χ1v) is 25.2. The van der Waals surface area contributed by atoms with Gasteiger partial charge in [-0.3, -0.25) is 19.3 Å². The average Bonchev–Trinajstić information content (AvgIpc) is 4.09. The molecule has 72 heavy (non-hydrogen) atoms. The summed E-state index contributed by atoms with van der Waals surface area (Å²) in [6, 6.07) is 58.4. The molecule has 1 aromatic heterocycles. The number of thioether (sulfide) groups is 1. The number of carbonyl (C=O) groups is 4. The Balaban J connectivity index is 1.11. The predicted molar refractivity (Wildman–Crippen MR) is 275 cm³/mol. The number of benzene rings is 6. The number of anilines is 1. The number of ether oxygens (including phenoxy) is 1. The summed E-state index contributed by atoms with van der Waals surface area (Å²) in [5.74, 6) is -2.94. The van der Waals surface area contributed by atoms with Crippen molar-refractivity contribution in [3.8, 4) is 0 Å². The predicted octanol–water partition coefficient (Wildman–Crippen LogP) is 7.57. The molecule has 14 nitrogen and oxygen atoms in total. The number of carboxylic acids is 1. The molecule has 7 aromatic rings. The molecule has 2 unspecified atom stereocenters. The van der Waals surface area contributed by atoms with Crippen LogP contribution < -0.4 is 10.6 Å². The molecule has 4 N–H and O–H groups in total. The number of hydrogen-bond donors (Lipinski definition) is 4. The number of oxime groups is 1. The average molecular weight is 997 g/mol. The lowest BCUT2D eigenvalue weighted by atomic mass is 9.77. The molecular weight excluding hydrogens is 949 g/mol. The number of rotatable bonds is 18. The van der Waals surface area contributed by atoms with Gasteiger partial charge in [-0.05, 0) is 23.1 Å². The number of carbonyl (C=O) groups excluding carboxylic acids is 3. The lowest BCUT2D eigenvalue weighted by Gasteiger charge is -2.56. The van der Waals surface area contributed by atoms with E-state index >= 15 is 4.79 Å². The van der Waals surface area contributed by atoms with Crippen LogP contribution in [0.2, 0.25) is 0 Å². The van der Waals surface area contributed by atoms with Crippen molar-refractivity contribution in [3.05, 3.63) is 238 Å². The maximum Gasteiger partial charge on any atom is 0.354 e. The van der Waals surface area contributed by atoms with E-state index in [0.29, 0.717) is 40.5 Å². The van der Waals surface area contributed by atoms with E-state index in [0.717, 1.165) is 21.6 Å². The van der Waals surface area contributed by atoms with Crippen LogP contribution >= 0.6 is 23.1 Å². The summed E-state index contributed by atoms with van der Waals surface area (Å²) in [6.07, 6.45) is -0.214. The van der Waals surface area contributed by atoms with Gasteiger partial charge in [0, 0.05) is 40.9 Å². The number of aliphatic carboxylic acids is 1. The van der Waals surface area contributed by atoms with Crippen molar-refractivity contribution in [2.24, 2.45) is 5.16 Å². The normalized spacial score (nSPS) is 19.0. The molecule has 0 bridgehead atoms. The van der Waals surface area contributed by atoms with Gasteiger partial charge in [0.15, 0.2) is 22.1 Å². The molecular formula is C56H48N6O8S2. The first-order chi connectivity index (χ1) is 35.2. The van der Waals surface area contributed by atoms with Crippen LogP contribution in [0.1, 0.15) is 45.5 Å². The molecule has 3 aliphatic rings. The van der Waals surface area contributed by atoms with E-state index in [1.165, 1.54) is 23.1 Å². The largest absolute Gasteiger partial charge is 0.477 e. The van der Waals surface area contributed by atoms with E-state index < -0.39 is 52.5 Å². The smallest absolute Gasteiger partial charge is 0.354 e. The number of aliphatic hydroxyl groups excluding tert-OH is 1. The van der Waals surface area contributed by atoms with Crippen LogP contribution in [0, 0.1) is 0 Å². The highest BCUT2D eigenvalue weighted by molar-refractivity contribution is 8.00. The van der Waals surface area contributed by atoms with Gasteiger partial charge in [-0.1, -0.05) is 187 Å². The van der Waals surface area contributed by atoms with Gasteiger partial charge < -0.3 is 35.3 Å². The second-order valence-electron chi connectivity index (χ2n) is 17.5. The molecule has 4 heterocycles. The molecule has 10 rings (SSSR count). The topological polar surface area (TPSA) is 183 Å². The fourth-order valence-electron chi connectivity index (χ4n) is 9.92. The van der Waals surface area contributed by atoms with Crippen molar-refractivity contribution < 1.29 is 39.0 Å². The van der Waals surface area contributed by atoms with Crippen molar-refractivity contribution in [1.82, 2.24) is 20.1 Å². The van der Waals surface area contributed by atoms with Crippen molar-refractivity contribution in [2.45, 2.75) is 34.6 Å². The van der Waals surface area contributed by atoms with Crippen molar-refractivity contribution in [2.75, 3.05) is 30.8 Å². The maximum atomic E-state index is 15.5.